The average Bonchev–Trinajstić information content (AvgIpc) is 2.74. The minimum absolute atomic E-state index is 0. The van der Waals surface area contributed by atoms with Crippen molar-refractivity contribution in [1.29, 1.82) is 0 Å². The van der Waals surface area contributed by atoms with Crippen LogP contribution in [0.15, 0.2) is 12.7 Å². The van der Waals surface area contributed by atoms with E-state index in [0.29, 0.717) is 11.2 Å². The van der Waals surface area contributed by atoms with E-state index in [0.717, 1.165) is 0 Å². The third kappa shape index (κ3) is 5.52. The van der Waals surface area contributed by atoms with Crippen LogP contribution in [0.1, 0.15) is 6.41 Å². The summed E-state index contributed by atoms with van der Waals surface area (Å²) in [5, 5.41) is 0. The van der Waals surface area contributed by atoms with Gasteiger partial charge >= 0.3 is 59.1 Å². The molecular weight excluding hydrogens is 323 g/mol. The summed E-state index contributed by atoms with van der Waals surface area (Å²) in [5.74, 6) is 0.164. The van der Waals surface area contributed by atoms with E-state index < -0.39 is 20.4 Å². The van der Waals surface area contributed by atoms with Crippen molar-refractivity contribution < 1.29 is 82.9 Å². The van der Waals surface area contributed by atoms with Crippen LogP contribution < -0.4 is 74.6 Å². The normalized spacial score (nSPS) is 12.5. The zero-order valence-electron chi connectivity index (χ0n) is 11.8. The molecule has 1 unspecified atom stereocenters. The van der Waals surface area contributed by atoms with E-state index >= 15 is 0 Å². The topological polar surface area (TPSA) is 151 Å². The number of imidazole rings is 1. The number of hydrogen-bond acceptors (Lipinski definition) is 9. The SMILES string of the molecule is COC(OCP(=O)([O-])[O-])n1cnc2c(N)ncnc21.[Na+].[Na+]. The molecule has 21 heavy (non-hydrogen) atoms. The Bertz CT molecular complexity index is 635. The number of rotatable bonds is 5. The third-order valence-electron chi connectivity index (χ3n) is 2.19. The third-order valence-corrected chi connectivity index (χ3v) is 2.66. The first kappa shape index (κ1) is 21.4. The zero-order valence-corrected chi connectivity index (χ0v) is 16.7. The molecule has 0 amide bonds. The molecule has 2 aromatic rings. The maximum atomic E-state index is 10.6. The fourth-order valence-electron chi connectivity index (χ4n) is 1.44. The summed E-state index contributed by atoms with van der Waals surface area (Å²) < 4.78 is 21.7. The largest absolute Gasteiger partial charge is 1.00 e. The zero-order chi connectivity index (χ0) is 14.0. The number of nitrogen functional groups attached to an aromatic ring is 1. The second-order valence-corrected chi connectivity index (χ2v) is 5.01. The van der Waals surface area contributed by atoms with Gasteiger partial charge in [0.05, 0.1) is 6.35 Å². The Balaban J connectivity index is 0.00000200. The molecule has 2 aromatic heterocycles. The number of aromatic nitrogens is 4. The molecule has 10 nitrogen and oxygen atoms in total. The van der Waals surface area contributed by atoms with Crippen LogP contribution in [0, 0.1) is 0 Å². The maximum Gasteiger partial charge on any atom is 1.00 e. The van der Waals surface area contributed by atoms with E-state index in [1.807, 2.05) is 0 Å². The predicted molar refractivity (Wildman–Crippen MR) is 59.3 cm³/mol. The molecule has 0 bridgehead atoms. The Hall–Kier alpha value is 0.420. The van der Waals surface area contributed by atoms with Crippen molar-refractivity contribution in [2.24, 2.45) is 0 Å². The molecule has 2 rings (SSSR count). The molecule has 0 radical (unpaired) electrons. The second-order valence-electron chi connectivity index (χ2n) is 3.53. The number of nitrogens with zero attached hydrogens (tertiary/aromatic N) is 4. The quantitative estimate of drug-likeness (QED) is 0.319. The van der Waals surface area contributed by atoms with Gasteiger partial charge in [0.2, 0.25) is 6.41 Å². The molecule has 2 N–H and O–H groups in total. The molecule has 0 fully saturated rings. The summed E-state index contributed by atoms with van der Waals surface area (Å²) >= 11 is 0. The number of methoxy groups -OCH3 is 1. The fourth-order valence-corrected chi connectivity index (χ4v) is 1.75. The Kier molecular flexibility index (Phi) is 9.08. The van der Waals surface area contributed by atoms with Crippen LogP contribution in [-0.2, 0) is 14.0 Å². The molecule has 0 aliphatic rings. The number of fused-ring (bicyclic) bond motifs is 1. The summed E-state index contributed by atoms with van der Waals surface area (Å²) in [7, 11) is -3.52. The molecule has 13 heteroatoms. The van der Waals surface area contributed by atoms with Crippen LogP contribution in [0.2, 0.25) is 0 Å². The molecule has 2 heterocycles. The van der Waals surface area contributed by atoms with Gasteiger partial charge in [-0.1, -0.05) is 0 Å². The maximum absolute atomic E-state index is 10.6. The van der Waals surface area contributed by atoms with E-state index in [1.165, 1.54) is 24.3 Å². The Morgan fingerprint density at radius 2 is 2.05 bits per heavy atom. The molecule has 104 valence electrons. The fraction of sp³-hybridized carbons (Fsp3) is 0.375. The van der Waals surface area contributed by atoms with Crippen LogP contribution in [0.5, 0.6) is 0 Å². The minimum Gasteiger partial charge on any atom is -0.809 e. The van der Waals surface area contributed by atoms with Crippen LogP contribution in [0.4, 0.5) is 5.82 Å². The summed E-state index contributed by atoms with van der Waals surface area (Å²) in [6.07, 6.45) is 0.348. The Morgan fingerprint density at radius 1 is 1.38 bits per heavy atom. The second kappa shape index (κ2) is 8.90. The number of nitrogens with two attached hydrogens (primary N) is 1. The van der Waals surface area contributed by atoms with Crippen LogP contribution in [-0.4, -0.2) is 33.0 Å². The Labute approximate surface area is 164 Å². The van der Waals surface area contributed by atoms with Gasteiger partial charge in [0.15, 0.2) is 11.5 Å². The van der Waals surface area contributed by atoms with E-state index in [2.05, 4.69) is 15.0 Å². The van der Waals surface area contributed by atoms with Crippen molar-refractivity contribution in [3.05, 3.63) is 12.7 Å². The molecule has 1 atom stereocenters. The van der Waals surface area contributed by atoms with Crippen LogP contribution >= 0.6 is 7.60 Å². The Morgan fingerprint density at radius 3 is 2.62 bits per heavy atom. The molecule has 0 aromatic carbocycles. The first-order valence-corrected chi connectivity index (χ1v) is 6.73. The minimum atomic E-state index is -4.80. The summed E-state index contributed by atoms with van der Waals surface area (Å²) in [6.45, 7) is 0. The van der Waals surface area contributed by atoms with Crippen LogP contribution in [0.3, 0.4) is 0 Å². The molecule has 0 spiro atoms. The van der Waals surface area contributed by atoms with Gasteiger partial charge in [-0.15, -0.1) is 0 Å². The van der Waals surface area contributed by atoms with Gasteiger partial charge in [0, 0.05) is 7.11 Å². The number of hydrogen-bond donors (Lipinski definition) is 1. The van der Waals surface area contributed by atoms with E-state index in [1.54, 1.807) is 0 Å². The van der Waals surface area contributed by atoms with Gasteiger partial charge in [-0.05, 0) is 7.60 Å². The van der Waals surface area contributed by atoms with Gasteiger partial charge in [-0.3, -0.25) is 4.57 Å². The van der Waals surface area contributed by atoms with Crippen molar-refractivity contribution in [1.82, 2.24) is 19.5 Å². The van der Waals surface area contributed by atoms with E-state index in [9.17, 15) is 14.4 Å². The van der Waals surface area contributed by atoms with Crippen molar-refractivity contribution >= 4 is 24.6 Å². The predicted octanol–water partition coefficient (Wildman–Crippen LogP) is -7.59. The number of ether oxygens (including phenoxy) is 2. The molecule has 0 aliphatic carbocycles. The average molecular weight is 333 g/mol. The van der Waals surface area contributed by atoms with Crippen molar-refractivity contribution in [3.8, 4) is 0 Å². The summed E-state index contributed by atoms with van der Waals surface area (Å²) in [6, 6.07) is 0. The summed E-state index contributed by atoms with van der Waals surface area (Å²) in [4.78, 5) is 32.8. The van der Waals surface area contributed by atoms with Crippen molar-refractivity contribution in [2.75, 3.05) is 19.2 Å². The molecule has 0 saturated carbocycles. The van der Waals surface area contributed by atoms with Gasteiger partial charge in [0.25, 0.3) is 0 Å². The smallest absolute Gasteiger partial charge is 0.809 e. The number of anilines is 1. The monoisotopic (exact) mass is 333 g/mol. The van der Waals surface area contributed by atoms with Gasteiger partial charge in [-0.25, -0.2) is 15.0 Å². The first-order chi connectivity index (χ1) is 8.92. The van der Waals surface area contributed by atoms with Gasteiger partial charge in [0.1, 0.15) is 18.2 Å². The van der Waals surface area contributed by atoms with Crippen LogP contribution in [0.25, 0.3) is 11.2 Å². The van der Waals surface area contributed by atoms with E-state index in [-0.39, 0.29) is 64.9 Å². The molecular formula is C8H10N5Na2O5P. The first-order valence-electron chi connectivity index (χ1n) is 5.01. The van der Waals surface area contributed by atoms with Crippen molar-refractivity contribution in [3.63, 3.8) is 0 Å². The standard InChI is InChI=1S/C8H12N5O5P.2Na/c1-17-8(18-4-19(14,15)16)13-3-12-5-6(9)10-2-11-7(5)13;;/h2-3,8H,4H2,1H3,(H2,9,10,11)(H2,14,15,16);;/q;2*+1/p-2. The van der Waals surface area contributed by atoms with Crippen molar-refractivity contribution in [2.45, 2.75) is 6.41 Å². The molecule has 0 saturated heterocycles. The molecule has 0 aliphatic heterocycles. The summed E-state index contributed by atoms with van der Waals surface area (Å²) in [5.41, 5.74) is 6.22. The van der Waals surface area contributed by atoms with Gasteiger partial charge in [-0.2, -0.15) is 0 Å². The van der Waals surface area contributed by atoms with Gasteiger partial charge < -0.3 is 29.6 Å². The van der Waals surface area contributed by atoms with E-state index in [4.69, 9.17) is 15.2 Å².